The summed E-state index contributed by atoms with van der Waals surface area (Å²) in [5, 5.41) is 3.81. The minimum Gasteiger partial charge on any atom is -0.354 e. The molecule has 0 radical (unpaired) electrons. The van der Waals surface area contributed by atoms with Crippen molar-refractivity contribution in [3.63, 3.8) is 0 Å². The van der Waals surface area contributed by atoms with Crippen molar-refractivity contribution >= 4 is 0 Å². The quantitative estimate of drug-likeness (QED) is 0.813. The van der Waals surface area contributed by atoms with E-state index >= 15 is 0 Å². The number of hydrogen-bond acceptors (Lipinski definition) is 1. The Morgan fingerprint density at radius 1 is 1.32 bits per heavy atom. The maximum absolute atomic E-state index is 3.81. The molecule has 1 saturated carbocycles. The third-order valence-electron chi connectivity index (χ3n) is 4.54. The van der Waals surface area contributed by atoms with Crippen LogP contribution in [0.4, 0.5) is 0 Å². The van der Waals surface area contributed by atoms with Gasteiger partial charge in [-0.3, -0.25) is 0 Å². The lowest BCUT2D eigenvalue weighted by Crippen LogP contribution is -2.40. The van der Waals surface area contributed by atoms with Gasteiger partial charge in [-0.2, -0.15) is 0 Å². The van der Waals surface area contributed by atoms with Gasteiger partial charge in [-0.15, -0.1) is 0 Å². The second-order valence-corrected chi connectivity index (χ2v) is 6.44. The molecule has 2 rings (SSSR count). The van der Waals surface area contributed by atoms with Crippen LogP contribution < -0.4 is 5.32 Å². The lowest BCUT2D eigenvalue weighted by Gasteiger charge is -2.35. The topological polar surface area (TPSA) is 17.0 Å². The summed E-state index contributed by atoms with van der Waals surface area (Å²) in [5.74, 6) is 1.67. The predicted molar refractivity (Wildman–Crippen MR) is 82.1 cm³/mol. The molecule has 1 aliphatic carbocycles. The van der Waals surface area contributed by atoms with Gasteiger partial charge in [0.15, 0.2) is 0 Å². The third kappa shape index (κ3) is 4.10. The van der Waals surface area contributed by atoms with E-state index in [-0.39, 0.29) is 0 Å². The molecule has 2 heteroatoms. The molecule has 2 atom stereocenters. The van der Waals surface area contributed by atoms with Crippen molar-refractivity contribution in [2.75, 3.05) is 0 Å². The van der Waals surface area contributed by atoms with E-state index < -0.39 is 0 Å². The van der Waals surface area contributed by atoms with Crippen LogP contribution in [-0.4, -0.2) is 10.6 Å². The van der Waals surface area contributed by atoms with Gasteiger partial charge in [-0.1, -0.05) is 33.6 Å². The second-order valence-electron chi connectivity index (χ2n) is 6.44. The summed E-state index contributed by atoms with van der Waals surface area (Å²) in [4.78, 5) is 0. The van der Waals surface area contributed by atoms with Crippen LogP contribution in [0.3, 0.4) is 0 Å². The highest BCUT2D eigenvalue weighted by atomic mass is 15.0. The molecule has 1 fully saturated rings. The van der Waals surface area contributed by atoms with E-state index in [1.165, 1.54) is 37.7 Å². The number of nitrogens with one attached hydrogen (secondary N) is 1. The molecule has 1 N–H and O–H groups in total. The third-order valence-corrected chi connectivity index (χ3v) is 4.54. The van der Waals surface area contributed by atoms with Gasteiger partial charge >= 0.3 is 0 Å². The minimum absolute atomic E-state index is 0.725. The van der Waals surface area contributed by atoms with Crippen LogP contribution >= 0.6 is 0 Å². The van der Waals surface area contributed by atoms with Crippen molar-refractivity contribution in [2.45, 2.75) is 72.0 Å². The smallest absolute Gasteiger partial charge is 0.0223 e. The average molecular weight is 262 g/mol. The number of aryl methyl sites for hydroxylation is 1. The molecule has 0 saturated heterocycles. The van der Waals surface area contributed by atoms with Gasteiger partial charge in [-0.25, -0.2) is 0 Å². The highest BCUT2D eigenvalue weighted by Crippen LogP contribution is 2.30. The van der Waals surface area contributed by atoms with Gasteiger partial charge in [0.1, 0.15) is 0 Å². The van der Waals surface area contributed by atoms with Crippen LogP contribution in [0.15, 0.2) is 18.5 Å². The summed E-state index contributed by atoms with van der Waals surface area (Å²) in [6.45, 7) is 9.15. The average Bonchev–Trinajstić information content (AvgIpc) is 2.85. The molecule has 0 amide bonds. The van der Waals surface area contributed by atoms with Gasteiger partial charge in [0.05, 0.1) is 0 Å². The summed E-state index contributed by atoms with van der Waals surface area (Å²) in [5.41, 5.74) is 1.43. The van der Waals surface area contributed by atoms with Gasteiger partial charge in [0.2, 0.25) is 0 Å². The van der Waals surface area contributed by atoms with E-state index in [0.29, 0.717) is 0 Å². The maximum Gasteiger partial charge on any atom is 0.0223 e. The van der Waals surface area contributed by atoms with Gasteiger partial charge in [0, 0.05) is 31.5 Å². The fourth-order valence-corrected chi connectivity index (χ4v) is 3.45. The molecule has 1 aromatic rings. The van der Waals surface area contributed by atoms with Gasteiger partial charge in [-0.05, 0) is 42.7 Å². The van der Waals surface area contributed by atoms with Crippen molar-refractivity contribution in [3.8, 4) is 0 Å². The molecule has 1 aliphatic rings. The van der Waals surface area contributed by atoms with Crippen LogP contribution in [0.5, 0.6) is 0 Å². The Morgan fingerprint density at radius 3 is 2.84 bits per heavy atom. The first-order valence-electron chi connectivity index (χ1n) is 8.08. The molecule has 1 aromatic heterocycles. The van der Waals surface area contributed by atoms with E-state index in [0.717, 1.165) is 31.0 Å². The first kappa shape index (κ1) is 14.6. The zero-order valence-corrected chi connectivity index (χ0v) is 12.9. The van der Waals surface area contributed by atoms with Crippen LogP contribution in [0, 0.1) is 11.8 Å². The monoisotopic (exact) mass is 262 g/mol. The van der Waals surface area contributed by atoms with E-state index in [4.69, 9.17) is 0 Å². The van der Waals surface area contributed by atoms with Gasteiger partial charge < -0.3 is 9.88 Å². The lowest BCUT2D eigenvalue weighted by molar-refractivity contribution is 0.204. The van der Waals surface area contributed by atoms with Crippen LogP contribution in [0.1, 0.15) is 58.4 Å². The zero-order chi connectivity index (χ0) is 13.7. The Morgan fingerprint density at radius 2 is 2.11 bits per heavy atom. The molecule has 0 spiro atoms. The van der Waals surface area contributed by atoms with E-state index in [1.807, 2.05) is 0 Å². The second kappa shape index (κ2) is 7.14. The molecular formula is C17H30N2. The highest BCUT2D eigenvalue weighted by Gasteiger charge is 2.26. The first-order valence-corrected chi connectivity index (χ1v) is 8.08. The first-order chi connectivity index (χ1) is 9.20. The number of hydrogen-bond donors (Lipinski definition) is 1. The van der Waals surface area contributed by atoms with E-state index in [2.05, 4.69) is 49.1 Å². The lowest BCUT2D eigenvalue weighted by atomic mass is 9.78. The van der Waals surface area contributed by atoms with Crippen molar-refractivity contribution in [1.29, 1.82) is 0 Å². The van der Waals surface area contributed by atoms with Crippen LogP contribution in [-0.2, 0) is 13.1 Å². The largest absolute Gasteiger partial charge is 0.354 e. The number of rotatable bonds is 6. The Hall–Kier alpha value is -0.760. The van der Waals surface area contributed by atoms with Crippen molar-refractivity contribution < 1.29 is 0 Å². The summed E-state index contributed by atoms with van der Waals surface area (Å²) in [6, 6.07) is 2.99. The fraction of sp³-hybridized carbons (Fsp3) is 0.765. The SMILES string of the molecule is CCCn1ccc(CNC2CCCCC2C(C)C)c1. The fourth-order valence-electron chi connectivity index (χ4n) is 3.45. The van der Waals surface area contributed by atoms with Crippen molar-refractivity contribution in [1.82, 2.24) is 9.88 Å². The molecule has 0 aliphatic heterocycles. The Bertz CT molecular complexity index is 367. The zero-order valence-electron chi connectivity index (χ0n) is 12.9. The Labute approximate surface area is 118 Å². The number of aromatic nitrogens is 1. The molecular weight excluding hydrogens is 232 g/mol. The summed E-state index contributed by atoms with van der Waals surface area (Å²) >= 11 is 0. The van der Waals surface area contributed by atoms with Gasteiger partial charge in [0.25, 0.3) is 0 Å². The molecule has 2 nitrogen and oxygen atoms in total. The van der Waals surface area contributed by atoms with E-state index in [1.54, 1.807) is 0 Å². The summed E-state index contributed by atoms with van der Waals surface area (Å²) in [7, 11) is 0. The molecule has 0 aromatic carbocycles. The summed E-state index contributed by atoms with van der Waals surface area (Å²) in [6.07, 6.45) is 11.3. The summed E-state index contributed by atoms with van der Waals surface area (Å²) < 4.78 is 2.30. The molecule has 2 unspecified atom stereocenters. The molecule has 0 bridgehead atoms. The predicted octanol–water partition coefficient (Wildman–Crippen LogP) is 4.20. The molecule has 108 valence electrons. The van der Waals surface area contributed by atoms with Crippen LogP contribution in [0.25, 0.3) is 0 Å². The Balaban J connectivity index is 1.85. The van der Waals surface area contributed by atoms with Crippen molar-refractivity contribution in [2.24, 2.45) is 11.8 Å². The molecule has 1 heterocycles. The maximum atomic E-state index is 3.81. The van der Waals surface area contributed by atoms with Crippen molar-refractivity contribution in [3.05, 3.63) is 24.0 Å². The molecule has 19 heavy (non-hydrogen) atoms. The normalized spacial score (nSPS) is 24.0. The Kier molecular flexibility index (Phi) is 5.50. The minimum atomic E-state index is 0.725. The number of nitrogens with zero attached hydrogens (tertiary/aromatic N) is 1. The highest BCUT2D eigenvalue weighted by molar-refractivity contribution is 5.10. The van der Waals surface area contributed by atoms with Crippen LogP contribution in [0.2, 0.25) is 0 Å². The standard InChI is InChI=1S/C17H30N2/c1-4-10-19-11-9-15(13-19)12-18-17-8-6-5-7-16(17)14(2)3/h9,11,13-14,16-18H,4-8,10,12H2,1-3H3. The van der Waals surface area contributed by atoms with E-state index in [9.17, 15) is 0 Å².